The number of anilines is 1. The lowest BCUT2D eigenvalue weighted by atomic mass is 10.0. The molecule has 19 heavy (non-hydrogen) atoms. The molecule has 0 bridgehead atoms. The summed E-state index contributed by atoms with van der Waals surface area (Å²) in [6.07, 6.45) is 3.87. The van der Waals surface area contributed by atoms with E-state index in [2.05, 4.69) is 4.98 Å². The van der Waals surface area contributed by atoms with Gasteiger partial charge in [0.2, 0.25) is 0 Å². The van der Waals surface area contributed by atoms with Crippen LogP contribution in [0.15, 0.2) is 42.7 Å². The fourth-order valence-corrected chi connectivity index (χ4v) is 1.92. The summed E-state index contributed by atoms with van der Waals surface area (Å²) in [5, 5.41) is 0. The minimum Gasteiger partial charge on any atom is -0.496 e. The lowest BCUT2D eigenvalue weighted by Gasteiger charge is -2.08. The number of hydrogen-bond acceptors (Lipinski definition) is 4. The van der Waals surface area contributed by atoms with Crippen LogP contribution < -0.4 is 10.5 Å². The zero-order valence-electron chi connectivity index (χ0n) is 10.8. The predicted octanol–water partition coefficient (Wildman–Crippen LogP) is 2.03. The van der Waals surface area contributed by atoms with Gasteiger partial charge in [0.05, 0.1) is 7.11 Å². The summed E-state index contributed by atoms with van der Waals surface area (Å²) in [7, 11) is 1.60. The summed E-state index contributed by atoms with van der Waals surface area (Å²) in [4.78, 5) is 16.0. The lowest BCUT2D eigenvalue weighted by Crippen LogP contribution is -2.09. The second-order valence-corrected chi connectivity index (χ2v) is 4.28. The molecule has 1 aromatic carbocycles. The van der Waals surface area contributed by atoms with Gasteiger partial charge in [-0.1, -0.05) is 18.2 Å². The number of carbonyl (C=O) groups is 1. The highest BCUT2D eigenvalue weighted by Crippen LogP contribution is 2.19. The number of carbonyl (C=O) groups excluding carboxylic acids is 1. The smallest absolute Gasteiger partial charge is 0.141 e. The fraction of sp³-hybridized carbons (Fsp3) is 0.200. The summed E-state index contributed by atoms with van der Waals surface area (Å²) in [5.74, 6) is 0.819. The van der Waals surface area contributed by atoms with Crippen LogP contribution in [0.25, 0.3) is 0 Å². The molecule has 0 radical (unpaired) electrons. The molecule has 0 atom stereocenters. The van der Waals surface area contributed by atoms with E-state index in [0.717, 1.165) is 16.9 Å². The zero-order chi connectivity index (χ0) is 13.7. The first-order valence-corrected chi connectivity index (χ1v) is 6.02. The van der Waals surface area contributed by atoms with Crippen LogP contribution >= 0.6 is 0 Å². The maximum absolute atomic E-state index is 12.1. The van der Waals surface area contributed by atoms with Crippen molar-refractivity contribution in [2.75, 3.05) is 12.8 Å². The topological polar surface area (TPSA) is 65.2 Å². The number of ether oxygens (including phenoxy) is 1. The van der Waals surface area contributed by atoms with Gasteiger partial charge in [-0.2, -0.15) is 0 Å². The van der Waals surface area contributed by atoms with E-state index in [4.69, 9.17) is 10.5 Å². The second kappa shape index (κ2) is 6.00. The molecular formula is C15H16N2O2. The van der Waals surface area contributed by atoms with Crippen molar-refractivity contribution in [2.24, 2.45) is 0 Å². The molecule has 1 heterocycles. The molecule has 2 N–H and O–H groups in total. The molecule has 0 aliphatic heterocycles. The average Bonchev–Trinajstić information content (AvgIpc) is 2.42. The molecule has 2 aromatic rings. The minimum atomic E-state index is 0.0872. The monoisotopic (exact) mass is 256 g/mol. The maximum Gasteiger partial charge on any atom is 0.141 e. The molecule has 0 saturated heterocycles. The third-order valence-corrected chi connectivity index (χ3v) is 2.91. The van der Waals surface area contributed by atoms with E-state index in [0.29, 0.717) is 12.1 Å². The number of nitrogens with two attached hydrogens (primary N) is 1. The highest BCUT2D eigenvalue weighted by Gasteiger charge is 2.10. The zero-order valence-corrected chi connectivity index (χ0v) is 10.8. The maximum atomic E-state index is 12.1. The number of methoxy groups -OCH3 is 1. The van der Waals surface area contributed by atoms with Crippen molar-refractivity contribution >= 4 is 11.5 Å². The lowest BCUT2D eigenvalue weighted by molar-refractivity contribution is -0.117. The first-order valence-electron chi connectivity index (χ1n) is 6.02. The quantitative estimate of drug-likeness (QED) is 0.889. The van der Waals surface area contributed by atoms with Gasteiger partial charge < -0.3 is 10.5 Å². The first-order chi connectivity index (χ1) is 9.20. The number of ketones is 1. The molecule has 0 saturated carbocycles. The number of nitrogen functional groups attached to an aromatic ring is 1. The molecule has 0 amide bonds. The van der Waals surface area contributed by atoms with Gasteiger partial charge >= 0.3 is 0 Å². The highest BCUT2D eigenvalue weighted by molar-refractivity contribution is 5.84. The fourth-order valence-electron chi connectivity index (χ4n) is 1.92. The van der Waals surface area contributed by atoms with Crippen LogP contribution in [0.4, 0.5) is 5.69 Å². The standard InChI is InChI=1S/C15H16N2O2/c1-19-15-5-3-2-4-11(15)8-13(18)9-12-10-17-7-6-14(12)16/h2-7,10H,8-9H2,1H3,(H2,16,17). The molecular weight excluding hydrogens is 240 g/mol. The summed E-state index contributed by atoms with van der Waals surface area (Å²) in [5.41, 5.74) is 8.05. The largest absolute Gasteiger partial charge is 0.496 e. The Morgan fingerprint density at radius 2 is 1.95 bits per heavy atom. The number of aromatic nitrogens is 1. The van der Waals surface area contributed by atoms with Crippen molar-refractivity contribution in [3.63, 3.8) is 0 Å². The Kier molecular flexibility index (Phi) is 4.13. The van der Waals surface area contributed by atoms with E-state index >= 15 is 0 Å². The molecule has 0 spiro atoms. The van der Waals surface area contributed by atoms with Crippen LogP contribution in [0, 0.1) is 0 Å². The van der Waals surface area contributed by atoms with Gasteiger partial charge in [0.15, 0.2) is 0 Å². The Morgan fingerprint density at radius 3 is 2.68 bits per heavy atom. The number of hydrogen-bond donors (Lipinski definition) is 1. The normalized spacial score (nSPS) is 10.2. The Bertz CT molecular complexity index is 582. The highest BCUT2D eigenvalue weighted by atomic mass is 16.5. The summed E-state index contributed by atoms with van der Waals surface area (Å²) >= 11 is 0. The van der Waals surface area contributed by atoms with E-state index < -0.39 is 0 Å². The van der Waals surface area contributed by atoms with E-state index in [1.165, 1.54) is 0 Å². The Labute approximate surface area is 112 Å². The predicted molar refractivity (Wildman–Crippen MR) is 74.1 cm³/mol. The SMILES string of the molecule is COc1ccccc1CC(=O)Cc1cnccc1N. The van der Waals surface area contributed by atoms with E-state index in [9.17, 15) is 4.79 Å². The van der Waals surface area contributed by atoms with E-state index in [1.807, 2.05) is 24.3 Å². The number of nitrogens with zero attached hydrogens (tertiary/aromatic N) is 1. The van der Waals surface area contributed by atoms with Crippen LogP contribution in [0.3, 0.4) is 0 Å². The minimum absolute atomic E-state index is 0.0872. The van der Waals surface area contributed by atoms with Gasteiger partial charge in [0.25, 0.3) is 0 Å². The number of pyridine rings is 1. The van der Waals surface area contributed by atoms with Gasteiger partial charge in [0, 0.05) is 42.0 Å². The van der Waals surface area contributed by atoms with E-state index in [1.54, 1.807) is 25.6 Å². The summed E-state index contributed by atoms with van der Waals surface area (Å²) < 4.78 is 5.23. The Morgan fingerprint density at radius 1 is 1.21 bits per heavy atom. The molecule has 2 rings (SSSR count). The van der Waals surface area contributed by atoms with Gasteiger partial charge in [-0.15, -0.1) is 0 Å². The molecule has 0 fully saturated rings. The van der Waals surface area contributed by atoms with Crippen molar-refractivity contribution < 1.29 is 9.53 Å². The average molecular weight is 256 g/mol. The van der Waals surface area contributed by atoms with Crippen LogP contribution in [-0.4, -0.2) is 17.9 Å². The Balaban J connectivity index is 2.08. The summed E-state index contributed by atoms with van der Waals surface area (Å²) in [6, 6.07) is 9.21. The third-order valence-electron chi connectivity index (χ3n) is 2.91. The van der Waals surface area contributed by atoms with Crippen molar-refractivity contribution in [3.8, 4) is 5.75 Å². The van der Waals surface area contributed by atoms with Crippen molar-refractivity contribution in [3.05, 3.63) is 53.9 Å². The molecule has 4 nitrogen and oxygen atoms in total. The van der Waals surface area contributed by atoms with Crippen molar-refractivity contribution in [1.82, 2.24) is 4.98 Å². The van der Waals surface area contributed by atoms with Gasteiger partial charge in [-0.3, -0.25) is 9.78 Å². The second-order valence-electron chi connectivity index (χ2n) is 4.28. The summed E-state index contributed by atoms with van der Waals surface area (Å²) in [6.45, 7) is 0. The first kappa shape index (κ1) is 13.1. The van der Waals surface area contributed by atoms with Crippen LogP contribution in [-0.2, 0) is 17.6 Å². The molecule has 1 aromatic heterocycles. The number of rotatable bonds is 5. The van der Waals surface area contributed by atoms with Crippen LogP contribution in [0.1, 0.15) is 11.1 Å². The molecule has 4 heteroatoms. The van der Waals surface area contributed by atoms with Crippen molar-refractivity contribution in [1.29, 1.82) is 0 Å². The van der Waals surface area contributed by atoms with Gasteiger partial charge in [0.1, 0.15) is 11.5 Å². The van der Waals surface area contributed by atoms with Crippen LogP contribution in [0.5, 0.6) is 5.75 Å². The van der Waals surface area contributed by atoms with Crippen LogP contribution in [0.2, 0.25) is 0 Å². The third kappa shape index (κ3) is 3.31. The van der Waals surface area contributed by atoms with Gasteiger partial charge in [-0.05, 0) is 12.1 Å². The molecule has 0 unspecified atom stereocenters. The van der Waals surface area contributed by atoms with Crippen molar-refractivity contribution in [2.45, 2.75) is 12.8 Å². The number of para-hydroxylation sites is 1. The number of Topliss-reactive ketones (excluding diaryl/α,β-unsaturated/α-hetero) is 1. The van der Waals surface area contributed by atoms with Gasteiger partial charge in [-0.25, -0.2) is 0 Å². The molecule has 98 valence electrons. The molecule has 0 aliphatic rings. The number of benzene rings is 1. The Hall–Kier alpha value is -2.36. The van der Waals surface area contributed by atoms with E-state index in [-0.39, 0.29) is 12.2 Å². The molecule has 0 aliphatic carbocycles.